The van der Waals surface area contributed by atoms with E-state index in [1.54, 1.807) is 30.0 Å². The highest BCUT2D eigenvalue weighted by Crippen LogP contribution is 2.50. The number of aliphatic hydroxyl groups is 1. The number of benzene rings is 2. The summed E-state index contributed by atoms with van der Waals surface area (Å²) in [4.78, 5) is 17.5. The number of halogens is 3. The molecule has 12 heteroatoms. The molecule has 7 rings (SSSR count). The lowest BCUT2D eigenvalue weighted by atomic mass is 9.61. The molecule has 1 saturated carbocycles. The molecular formula is C37H48ClF2N3O5S. The number of hydrogen-bond acceptors (Lipinski definition) is 7. The molecule has 1 amide bonds. The lowest BCUT2D eigenvalue weighted by molar-refractivity contribution is -0.146. The van der Waals surface area contributed by atoms with Crippen LogP contribution in [0.4, 0.5) is 14.5 Å². The molecule has 49 heavy (non-hydrogen) atoms. The second-order valence-electron chi connectivity index (χ2n) is 15.7. The number of carbonyl (C=O) groups is 1. The van der Waals surface area contributed by atoms with Crippen molar-refractivity contribution in [3.05, 3.63) is 58.1 Å². The summed E-state index contributed by atoms with van der Waals surface area (Å²) in [6, 6.07) is 11.2. The fourth-order valence-electron chi connectivity index (χ4n) is 9.20. The van der Waals surface area contributed by atoms with Crippen LogP contribution in [0.3, 0.4) is 0 Å². The fourth-order valence-corrected chi connectivity index (χ4v) is 10.7. The maximum absolute atomic E-state index is 13.7. The van der Waals surface area contributed by atoms with Gasteiger partial charge in [-0.15, -0.1) is 0 Å². The zero-order valence-electron chi connectivity index (χ0n) is 28.4. The van der Waals surface area contributed by atoms with Crippen molar-refractivity contribution in [1.82, 2.24) is 9.62 Å². The quantitative estimate of drug-likeness (QED) is 0.391. The normalized spacial score (nSPS) is 34.3. The summed E-state index contributed by atoms with van der Waals surface area (Å²) in [5, 5.41) is 12.3. The van der Waals surface area contributed by atoms with E-state index in [9.17, 15) is 27.1 Å². The van der Waals surface area contributed by atoms with E-state index in [0.717, 1.165) is 37.8 Å². The van der Waals surface area contributed by atoms with E-state index in [2.05, 4.69) is 15.7 Å². The van der Waals surface area contributed by atoms with Gasteiger partial charge in [-0.3, -0.25) is 9.69 Å². The van der Waals surface area contributed by atoms with Crippen LogP contribution in [0.25, 0.3) is 0 Å². The number of nitrogens with zero attached hydrogens (tertiary/aromatic N) is 2. The number of anilines is 1. The summed E-state index contributed by atoms with van der Waals surface area (Å²) in [5.41, 5.74) is 1.98. The number of amides is 1. The summed E-state index contributed by atoms with van der Waals surface area (Å²) < 4.78 is 63.1. The maximum atomic E-state index is 13.7. The number of fused-ring (bicyclic) bond motifs is 4. The van der Waals surface area contributed by atoms with E-state index in [-0.39, 0.29) is 41.8 Å². The second kappa shape index (κ2) is 12.9. The van der Waals surface area contributed by atoms with Gasteiger partial charge < -0.3 is 14.7 Å². The standard InChI is InChI=1S/C37H48ClF2N3O5S/c1-24-5-3-14-36(45,15-16-42-21-37(39,40)22-42)31-10-7-28(31)19-43-20-35(13-4-6-26-17-29(38)9-11-30(26)35)23-48-33-12-8-27(18-32(33)43)34(44)41-49(46,47)25(24)2/h8-9,11-12,17-18,24-25,28,31,45H,3-7,10,13-16,19-23H2,1-2H3,(H,41,44)/t24-,25+,28-,31+,35-,36-/m0/s1. The average Bonchev–Trinajstić information content (AvgIpc) is 3.16. The first-order valence-corrected chi connectivity index (χ1v) is 19.8. The Bertz CT molecular complexity index is 1700. The monoisotopic (exact) mass is 719 g/mol. The molecule has 2 aliphatic carbocycles. The molecule has 2 aromatic carbocycles. The van der Waals surface area contributed by atoms with Crippen molar-refractivity contribution < 1.29 is 31.8 Å². The predicted molar refractivity (Wildman–Crippen MR) is 186 cm³/mol. The number of sulfonamides is 1. The van der Waals surface area contributed by atoms with Crippen LogP contribution in [-0.4, -0.2) is 80.4 Å². The molecule has 2 aromatic rings. The van der Waals surface area contributed by atoms with Crippen molar-refractivity contribution in [2.45, 2.75) is 93.8 Å². The van der Waals surface area contributed by atoms with E-state index in [1.165, 1.54) is 11.1 Å². The first-order chi connectivity index (χ1) is 23.2. The molecule has 0 aromatic heterocycles. The Morgan fingerprint density at radius 1 is 1.04 bits per heavy atom. The molecule has 0 unspecified atom stereocenters. The molecule has 5 aliphatic rings. The molecule has 6 atom stereocenters. The van der Waals surface area contributed by atoms with Crippen molar-refractivity contribution in [3.8, 4) is 5.75 Å². The van der Waals surface area contributed by atoms with Crippen LogP contribution in [0.2, 0.25) is 5.02 Å². The number of carbonyl (C=O) groups excluding carboxylic acids is 1. The van der Waals surface area contributed by atoms with Gasteiger partial charge in [0, 0.05) is 35.6 Å². The third kappa shape index (κ3) is 6.81. The van der Waals surface area contributed by atoms with E-state index in [4.69, 9.17) is 16.3 Å². The molecule has 3 heterocycles. The molecule has 1 spiro atoms. The van der Waals surface area contributed by atoms with Crippen molar-refractivity contribution in [1.29, 1.82) is 0 Å². The summed E-state index contributed by atoms with van der Waals surface area (Å²) in [6.45, 7) is 4.99. The van der Waals surface area contributed by atoms with Crippen molar-refractivity contribution in [2.75, 3.05) is 44.2 Å². The van der Waals surface area contributed by atoms with Crippen LogP contribution < -0.4 is 14.4 Å². The van der Waals surface area contributed by atoms with Crippen molar-refractivity contribution in [3.63, 3.8) is 0 Å². The molecule has 1 saturated heterocycles. The Morgan fingerprint density at radius 3 is 2.57 bits per heavy atom. The summed E-state index contributed by atoms with van der Waals surface area (Å²) in [7, 11) is -4.00. The first-order valence-electron chi connectivity index (χ1n) is 17.9. The van der Waals surface area contributed by atoms with E-state index < -0.39 is 32.7 Å². The van der Waals surface area contributed by atoms with Gasteiger partial charge in [-0.05, 0) is 118 Å². The van der Waals surface area contributed by atoms with Gasteiger partial charge in [0.05, 0.1) is 36.2 Å². The van der Waals surface area contributed by atoms with Gasteiger partial charge in [0.2, 0.25) is 10.0 Å². The van der Waals surface area contributed by atoms with Crippen LogP contribution in [0.1, 0.15) is 86.7 Å². The number of rotatable bonds is 3. The highest BCUT2D eigenvalue weighted by molar-refractivity contribution is 7.90. The minimum Gasteiger partial charge on any atom is -0.490 e. The molecule has 2 N–H and O–H groups in total. The fraction of sp³-hybridized carbons (Fsp3) is 0.649. The van der Waals surface area contributed by atoms with Crippen LogP contribution in [-0.2, 0) is 21.9 Å². The smallest absolute Gasteiger partial charge is 0.272 e. The number of likely N-dealkylation sites (tertiary alicyclic amines) is 1. The van der Waals surface area contributed by atoms with Crippen LogP contribution in [0.5, 0.6) is 5.75 Å². The Labute approximate surface area is 293 Å². The summed E-state index contributed by atoms with van der Waals surface area (Å²) in [6.07, 6.45) is 6.57. The highest BCUT2D eigenvalue weighted by atomic mass is 35.5. The third-order valence-electron chi connectivity index (χ3n) is 12.4. The van der Waals surface area contributed by atoms with Gasteiger partial charge in [0.15, 0.2) is 0 Å². The molecule has 0 radical (unpaired) electrons. The third-order valence-corrected chi connectivity index (χ3v) is 14.6. The Balaban J connectivity index is 1.26. The number of hydrogen-bond donors (Lipinski definition) is 2. The highest BCUT2D eigenvalue weighted by Gasteiger charge is 2.50. The Kier molecular flexibility index (Phi) is 9.23. The minimum atomic E-state index is -4.00. The van der Waals surface area contributed by atoms with Gasteiger partial charge in [-0.2, -0.15) is 0 Å². The lowest BCUT2D eigenvalue weighted by Gasteiger charge is -2.51. The minimum absolute atomic E-state index is 0.0360. The summed E-state index contributed by atoms with van der Waals surface area (Å²) in [5.74, 6) is -2.88. The molecular weight excluding hydrogens is 672 g/mol. The molecule has 8 nitrogen and oxygen atoms in total. The second-order valence-corrected chi connectivity index (χ2v) is 18.2. The maximum Gasteiger partial charge on any atom is 0.272 e. The average molecular weight is 720 g/mol. The van der Waals surface area contributed by atoms with E-state index in [1.807, 2.05) is 19.1 Å². The van der Waals surface area contributed by atoms with Gasteiger partial charge in [0.25, 0.3) is 11.8 Å². The number of nitrogens with one attached hydrogen (secondary N) is 1. The zero-order valence-corrected chi connectivity index (χ0v) is 30.0. The lowest BCUT2D eigenvalue weighted by Crippen LogP contribution is -2.58. The number of alkyl halides is 2. The molecule has 2 bridgehead atoms. The van der Waals surface area contributed by atoms with E-state index >= 15 is 0 Å². The molecule has 2 fully saturated rings. The number of ether oxygens (including phenoxy) is 1. The van der Waals surface area contributed by atoms with E-state index in [0.29, 0.717) is 62.7 Å². The van der Waals surface area contributed by atoms with Crippen molar-refractivity contribution in [2.24, 2.45) is 17.8 Å². The largest absolute Gasteiger partial charge is 0.490 e. The topological polar surface area (TPSA) is 99.2 Å². The van der Waals surface area contributed by atoms with Crippen LogP contribution in [0.15, 0.2) is 36.4 Å². The van der Waals surface area contributed by atoms with Crippen LogP contribution >= 0.6 is 11.6 Å². The van der Waals surface area contributed by atoms with Crippen molar-refractivity contribution >= 4 is 33.2 Å². The van der Waals surface area contributed by atoms with Gasteiger partial charge >= 0.3 is 0 Å². The zero-order chi connectivity index (χ0) is 34.8. The molecule has 3 aliphatic heterocycles. The summed E-state index contributed by atoms with van der Waals surface area (Å²) >= 11 is 6.43. The van der Waals surface area contributed by atoms with Gasteiger partial charge in [-0.25, -0.2) is 21.9 Å². The first kappa shape index (κ1) is 35.0. The molecule has 268 valence electrons. The predicted octanol–water partition coefficient (Wildman–Crippen LogP) is 6.18. The Morgan fingerprint density at radius 2 is 1.84 bits per heavy atom. The van der Waals surface area contributed by atoms with Gasteiger partial charge in [-0.1, -0.05) is 31.0 Å². The van der Waals surface area contributed by atoms with Gasteiger partial charge in [0.1, 0.15) is 5.75 Å². The van der Waals surface area contributed by atoms with Crippen LogP contribution in [0, 0.1) is 17.8 Å². The number of aryl methyl sites for hydroxylation is 1. The SMILES string of the molecule is C[C@@H]1[C@@H](C)CCC[C@](O)(CCN2CC(F)(F)C2)[C@@H]2CC[C@H]2CN2C[C@@]3(CCCc4cc(Cl)ccc43)COc3ccc(cc32)C(=O)NS1(=O)=O. The Hall–Kier alpha value is -2.47.